The first kappa shape index (κ1) is 16.5. The molecule has 122 valence electrons. The fourth-order valence-electron chi connectivity index (χ4n) is 2.77. The maximum absolute atomic E-state index is 12.5. The van der Waals surface area contributed by atoms with Gasteiger partial charge in [-0.2, -0.15) is 13.2 Å². The van der Waals surface area contributed by atoms with E-state index in [1.165, 1.54) is 14.2 Å². The molecule has 0 N–H and O–H groups in total. The van der Waals surface area contributed by atoms with E-state index in [2.05, 4.69) is 0 Å². The van der Waals surface area contributed by atoms with Crippen molar-refractivity contribution in [2.24, 2.45) is 0 Å². The minimum atomic E-state index is -4.83. The Bertz CT molecular complexity index is 572. The third-order valence-corrected chi connectivity index (χ3v) is 3.90. The largest absolute Gasteiger partial charge is 0.496 e. The molecule has 1 saturated heterocycles. The highest BCUT2D eigenvalue weighted by molar-refractivity contribution is 5.82. The molecule has 1 aliphatic heterocycles. The van der Waals surface area contributed by atoms with Crippen molar-refractivity contribution in [1.29, 1.82) is 0 Å². The Morgan fingerprint density at radius 3 is 2.41 bits per heavy atom. The van der Waals surface area contributed by atoms with E-state index < -0.39 is 12.1 Å². The Morgan fingerprint density at radius 2 is 1.86 bits per heavy atom. The number of hydrogen-bond donors (Lipinski definition) is 0. The lowest BCUT2D eigenvalue weighted by molar-refractivity contribution is -0.184. The highest BCUT2D eigenvalue weighted by atomic mass is 19.4. The van der Waals surface area contributed by atoms with Gasteiger partial charge in [0.2, 0.25) is 0 Å². The molecule has 1 amide bonds. The van der Waals surface area contributed by atoms with Crippen molar-refractivity contribution in [3.8, 4) is 11.5 Å². The van der Waals surface area contributed by atoms with Gasteiger partial charge in [0, 0.05) is 24.6 Å². The Labute approximate surface area is 126 Å². The number of ether oxygens (including phenoxy) is 2. The van der Waals surface area contributed by atoms with E-state index in [-0.39, 0.29) is 19.0 Å². The lowest BCUT2D eigenvalue weighted by Gasteiger charge is -2.20. The van der Waals surface area contributed by atoms with E-state index in [0.717, 1.165) is 16.0 Å². The van der Waals surface area contributed by atoms with Gasteiger partial charge in [-0.25, -0.2) is 0 Å². The quantitative estimate of drug-likeness (QED) is 0.860. The van der Waals surface area contributed by atoms with Gasteiger partial charge in [-0.15, -0.1) is 0 Å². The molecular formula is C15H18F3NO3. The number of hydrogen-bond acceptors (Lipinski definition) is 3. The first-order valence-corrected chi connectivity index (χ1v) is 6.86. The summed E-state index contributed by atoms with van der Waals surface area (Å²) in [6, 6.07) is 3.57. The molecule has 0 aromatic heterocycles. The van der Waals surface area contributed by atoms with Crippen LogP contribution in [0.1, 0.15) is 23.5 Å². The molecule has 1 aliphatic rings. The average molecular weight is 317 g/mol. The molecule has 1 atom stereocenters. The number of benzene rings is 1. The minimum absolute atomic E-state index is 0.0287. The summed E-state index contributed by atoms with van der Waals surface area (Å²) in [4.78, 5) is 12.2. The third kappa shape index (κ3) is 3.13. The molecule has 1 aromatic carbocycles. The molecule has 0 radical (unpaired) electrons. The van der Waals surface area contributed by atoms with Crippen LogP contribution in [0.3, 0.4) is 0 Å². The van der Waals surface area contributed by atoms with Crippen molar-refractivity contribution in [2.45, 2.75) is 25.4 Å². The molecule has 7 heteroatoms. The minimum Gasteiger partial charge on any atom is -0.496 e. The van der Waals surface area contributed by atoms with Crippen LogP contribution in [-0.4, -0.2) is 44.3 Å². The number of methoxy groups -OCH3 is 2. The average Bonchev–Trinajstić information content (AvgIpc) is 2.94. The van der Waals surface area contributed by atoms with E-state index in [9.17, 15) is 18.0 Å². The summed E-state index contributed by atoms with van der Waals surface area (Å²) in [5.74, 6) is -0.732. The van der Waals surface area contributed by atoms with Crippen LogP contribution in [0.5, 0.6) is 11.5 Å². The first-order chi connectivity index (χ1) is 10.3. The zero-order valence-electron chi connectivity index (χ0n) is 12.7. The van der Waals surface area contributed by atoms with Gasteiger partial charge >= 0.3 is 12.1 Å². The van der Waals surface area contributed by atoms with Crippen LogP contribution in [-0.2, 0) is 4.79 Å². The highest BCUT2D eigenvalue weighted by Gasteiger charge is 2.45. The fourth-order valence-corrected chi connectivity index (χ4v) is 2.77. The third-order valence-electron chi connectivity index (χ3n) is 3.90. The molecule has 22 heavy (non-hydrogen) atoms. The van der Waals surface area contributed by atoms with Crippen LogP contribution in [0.25, 0.3) is 0 Å². The van der Waals surface area contributed by atoms with E-state index in [0.29, 0.717) is 17.9 Å². The molecule has 1 fully saturated rings. The summed E-state index contributed by atoms with van der Waals surface area (Å²) in [5.41, 5.74) is 1.65. The molecule has 2 rings (SSSR count). The van der Waals surface area contributed by atoms with Crippen LogP contribution in [0.2, 0.25) is 0 Å². The zero-order chi connectivity index (χ0) is 16.5. The Hall–Kier alpha value is -1.92. The van der Waals surface area contributed by atoms with E-state index in [4.69, 9.17) is 9.47 Å². The van der Waals surface area contributed by atoms with E-state index in [1.54, 1.807) is 12.1 Å². The number of carbonyl (C=O) groups is 1. The number of likely N-dealkylation sites (tertiary alicyclic amines) is 1. The zero-order valence-corrected chi connectivity index (χ0v) is 12.7. The van der Waals surface area contributed by atoms with Crippen LogP contribution < -0.4 is 9.47 Å². The van der Waals surface area contributed by atoms with Gasteiger partial charge in [-0.1, -0.05) is 0 Å². The predicted molar refractivity (Wildman–Crippen MR) is 74.3 cm³/mol. The van der Waals surface area contributed by atoms with Crippen LogP contribution in [0.15, 0.2) is 12.1 Å². The number of carbonyl (C=O) groups excluding carboxylic acids is 1. The van der Waals surface area contributed by atoms with Gasteiger partial charge in [-0.05, 0) is 31.0 Å². The Balaban J connectivity index is 2.25. The number of rotatable bonds is 3. The fraction of sp³-hybridized carbons (Fsp3) is 0.533. The van der Waals surface area contributed by atoms with Gasteiger partial charge < -0.3 is 14.4 Å². The summed E-state index contributed by atoms with van der Waals surface area (Å²) in [7, 11) is 3.05. The molecule has 4 nitrogen and oxygen atoms in total. The Morgan fingerprint density at radius 1 is 1.23 bits per heavy atom. The van der Waals surface area contributed by atoms with Crippen molar-refractivity contribution in [1.82, 2.24) is 4.90 Å². The molecule has 0 spiro atoms. The topological polar surface area (TPSA) is 38.8 Å². The number of nitrogens with zero attached hydrogens (tertiary/aromatic N) is 1. The number of alkyl halides is 3. The summed E-state index contributed by atoms with van der Waals surface area (Å²) in [6.07, 6.45) is -4.37. The standard InChI is InChI=1S/C15H18F3NO3/c1-9-6-13(22-3)11(7-12(9)21-2)10-4-5-19(8-10)14(20)15(16,17)18/h6-7,10H,4-5,8H2,1-3H3/t10-/m0/s1. The van der Waals surface area contributed by atoms with Crippen molar-refractivity contribution in [3.63, 3.8) is 0 Å². The van der Waals surface area contributed by atoms with Gasteiger partial charge in [0.05, 0.1) is 14.2 Å². The second kappa shape index (κ2) is 6.06. The van der Waals surface area contributed by atoms with Crippen molar-refractivity contribution in [2.75, 3.05) is 27.3 Å². The van der Waals surface area contributed by atoms with Crippen LogP contribution >= 0.6 is 0 Å². The molecule has 0 unspecified atom stereocenters. The van der Waals surface area contributed by atoms with Gasteiger partial charge in [-0.3, -0.25) is 4.79 Å². The number of amides is 1. The summed E-state index contributed by atoms with van der Waals surface area (Å²) in [6.45, 7) is 1.97. The molecule has 0 aliphatic carbocycles. The summed E-state index contributed by atoms with van der Waals surface area (Å²) in [5, 5.41) is 0. The first-order valence-electron chi connectivity index (χ1n) is 6.86. The number of halogens is 3. The monoisotopic (exact) mass is 317 g/mol. The van der Waals surface area contributed by atoms with E-state index >= 15 is 0 Å². The molecule has 0 bridgehead atoms. The summed E-state index contributed by atoms with van der Waals surface area (Å²) < 4.78 is 48.1. The molecule has 1 heterocycles. The maximum atomic E-state index is 12.5. The van der Waals surface area contributed by atoms with Crippen LogP contribution in [0.4, 0.5) is 13.2 Å². The predicted octanol–water partition coefficient (Wildman–Crippen LogP) is 2.89. The lowest BCUT2D eigenvalue weighted by atomic mass is 9.95. The van der Waals surface area contributed by atoms with Gasteiger partial charge in [0.25, 0.3) is 0 Å². The van der Waals surface area contributed by atoms with E-state index in [1.807, 2.05) is 6.92 Å². The van der Waals surface area contributed by atoms with Crippen LogP contribution in [0, 0.1) is 6.92 Å². The molecule has 0 saturated carbocycles. The summed E-state index contributed by atoms with van der Waals surface area (Å²) >= 11 is 0. The van der Waals surface area contributed by atoms with Crippen molar-refractivity contribution >= 4 is 5.91 Å². The number of aryl methyl sites for hydroxylation is 1. The highest BCUT2D eigenvalue weighted by Crippen LogP contribution is 2.38. The normalized spacial score (nSPS) is 18.5. The second-order valence-electron chi connectivity index (χ2n) is 5.30. The van der Waals surface area contributed by atoms with Gasteiger partial charge in [0.1, 0.15) is 11.5 Å². The SMILES string of the molecule is COc1cc([C@H]2CCN(C(=O)C(F)(F)F)C2)c(OC)cc1C. The smallest absolute Gasteiger partial charge is 0.471 e. The van der Waals surface area contributed by atoms with Gasteiger partial charge in [0.15, 0.2) is 0 Å². The Kier molecular flexibility index (Phi) is 4.53. The molecular weight excluding hydrogens is 299 g/mol. The lowest BCUT2D eigenvalue weighted by Crippen LogP contribution is -2.39. The second-order valence-corrected chi connectivity index (χ2v) is 5.30. The van der Waals surface area contributed by atoms with Crippen molar-refractivity contribution < 1.29 is 27.4 Å². The molecule has 1 aromatic rings. The van der Waals surface area contributed by atoms with Crippen molar-refractivity contribution in [3.05, 3.63) is 23.3 Å². The maximum Gasteiger partial charge on any atom is 0.471 e.